The number of thiazole rings is 1. The van der Waals surface area contributed by atoms with Gasteiger partial charge in [-0.15, -0.1) is 32.9 Å². The van der Waals surface area contributed by atoms with Gasteiger partial charge in [0.15, 0.2) is 18.6 Å². The van der Waals surface area contributed by atoms with Gasteiger partial charge in [-0.25, -0.2) is 9.78 Å². The zero-order valence-corrected chi connectivity index (χ0v) is 41.0. The highest BCUT2D eigenvalue weighted by Crippen LogP contribution is 2.39. The number of aliphatic hydroxyl groups excluding tert-OH is 1. The van der Waals surface area contributed by atoms with Crippen molar-refractivity contribution in [1.82, 2.24) is 40.6 Å². The number of thiophene rings is 1. The van der Waals surface area contributed by atoms with Crippen LogP contribution < -0.4 is 20.7 Å². The normalized spacial score (nSPS) is 17.4. The highest BCUT2D eigenvalue weighted by atomic mass is 32.1. The van der Waals surface area contributed by atoms with E-state index in [1.807, 2.05) is 87.7 Å². The summed E-state index contributed by atoms with van der Waals surface area (Å²) in [6.07, 6.45) is -3.16. The molecule has 5 atom stereocenters. The number of carboxylic acid groups (broad SMARTS) is 1. The summed E-state index contributed by atoms with van der Waals surface area (Å²) in [7, 11) is 0. The number of ether oxygens (including phenoxy) is 1. The summed E-state index contributed by atoms with van der Waals surface area (Å²) in [6, 6.07) is 20.1. The van der Waals surface area contributed by atoms with Gasteiger partial charge < -0.3 is 30.5 Å². The molecule has 2 aliphatic rings. The van der Waals surface area contributed by atoms with Crippen molar-refractivity contribution >= 4 is 52.2 Å². The number of β-amino-alcohol motifs (C(OH)–C–C–N with tert-alkyl or cyclic N) is 1. The molecule has 1 saturated heterocycles. The number of rotatable bonds is 12. The molecular weight excluding hydrogens is 917 g/mol. The summed E-state index contributed by atoms with van der Waals surface area (Å²) in [5.41, 5.74) is 8.68. The summed E-state index contributed by atoms with van der Waals surface area (Å²) in [6.45, 7) is 14.5. The quantitative estimate of drug-likeness (QED) is 0.0830. The van der Waals surface area contributed by atoms with Crippen molar-refractivity contribution in [3.05, 3.63) is 122 Å². The smallest absolute Gasteiger partial charge is 0.406 e. The first kappa shape index (κ1) is 48.2. The van der Waals surface area contributed by atoms with Crippen molar-refractivity contribution in [2.45, 2.75) is 92.2 Å². The van der Waals surface area contributed by atoms with Crippen molar-refractivity contribution in [1.29, 1.82) is 5.26 Å². The molecule has 356 valence electrons. The maximum Gasteiger partial charge on any atom is 0.406 e. The van der Waals surface area contributed by atoms with Crippen molar-refractivity contribution in [2.75, 3.05) is 13.2 Å². The van der Waals surface area contributed by atoms with Crippen LogP contribution in [0.15, 0.2) is 77.2 Å². The first-order valence-electron chi connectivity index (χ1n) is 22.3. The van der Waals surface area contributed by atoms with Crippen LogP contribution in [0.3, 0.4) is 0 Å². The number of nitrogens with one attached hydrogen (secondary N) is 3. The van der Waals surface area contributed by atoms with E-state index in [9.17, 15) is 34.7 Å². The third kappa shape index (κ3) is 9.86. The predicted octanol–water partition coefficient (Wildman–Crippen LogP) is 7.09. The SMILES string of the molecule is Cc1ncsc1-c1ccc(C(C)NC(=O)[C@@H]2C[C@@H](O)CN2C(=O)C(NC(=O)COc2ccc(-c3ccc(C4=NC(NC(=O)O)c5nnc(C)n5-c5sc(C)c(C)c54)cc3)cc2C#N)C(C)(C)C)cc1. The number of aryl methyl sites for hydroxylation is 3. The third-order valence-corrected chi connectivity index (χ3v) is 14.6. The van der Waals surface area contributed by atoms with Gasteiger partial charge in [-0.2, -0.15) is 5.26 Å². The second kappa shape index (κ2) is 19.4. The lowest BCUT2D eigenvalue weighted by atomic mass is 9.85. The van der Waals surface area contributed by atoms with Crippen molar-refractivity contribution < 1.29 is 34.1 Å². The topological polar surface area (TPSA) is 237 Å². The number of aromatic nitrogens is 4. The Bertz CT molecular complexity index is 3030. The van der Waals surface area contributed by atoms with Crippen LogP contribution in [-0.2, 0) is 14.4 Å². The van der Waals surface area contributed by atoms with E-state index in [4.69, 9.17) is 9.73 Å². The molecule has 2 aliphatic heterocycles. The Morgan fingerprint density at radius 2 is 1.62 bits per heavy atom. The molecule has 0 bridgehead atoms. The highest BCUT2D eigenvalue weighted by Gasteiger charge is 2.45. The number of carbonyl (C=O) groups excluding carboxylic acids is 3. The summed E-state index contributed by atoms with van der Waals surface area (Å²) in [5, 5.41) is 48.2. The van der Waals surface area contributed by atoms with Crippen LogP contribution in [-0.4, -0.2) is 95.7 Å². The van der Waals surface area contributed by atoms with Crippen LogP contribution >= 0.6 is 22.7 Å². The number of fused-ring (bicyclic) bond motifs is 3. The molecule has 6 aromatic rings. The molecule has 8 rings (SSSR count). The second-order valence-electron chi connectivity index (χ2n) is 18.3. The van der Waals surface area contributed by atoms with Gasteiger partial charge in [0.25, 0.3) is 5.91 Å². The average molecular weight is 969 g/mol. The van der Waals surface area contributed by atoms with Crippen molar-refractivity contribution in [3.8, 4) is 38.4 Å². The molecule has 0 aliphatic carbocycles. The first-order valence-corrected chi connectivity index (χ1v) is 24.0. The Balaban J connectivity index is 0.933. The number of aliphatic imine (C=N–C) groups is 1. The van der Waals surface area contributed by atoms with Gasteiger partial charge in [0.1, 0.15) is 34.7 Å². The number of hydrogen-bond donors (Lipinski definition) is 5. The molecule has 0 spiro atoms. The van der Waals surface area contributed by atoms with Gasteiger partial charge in [0.2, 0.25) is 11.8 Å². The van der Waals surface area contributed by atoms with Crippen LogP contribution in [0, 0.1) is 44.4 Å². The van der Waals surface area contributed by atoms with Gasteiger partial charge in [0, 0.05) is 29.0 Å². The zero-order chi connectivity index (χ0) is 49.5. The molecule has 5 heterocycles. The maximum atomic E-state index is 14.3. The molecular formula is C50H52N10O7S2. The number of carbonyl (C=O) groups is 4. The molecule has 19 heteroatoms. The average Bonchev–Trinajstić information content (AvgIpc) is 4.09. The van der Waals surface area contributed by atoms with E-state index in [2.05, 4.69) is 37.2 Å². The third-order valence-electron chi connectivity index (χ3n) is 12.4. The van der Waals surface area contributed by atoms with Crippen LogP contribution in [0.2, 0.25) is 0 Å². The monoisotopic (exact) mass is 968 g/mol. The minimum atomic E-state index is -1.25. The number of nitrogens with zero attached hydrogens (tertiary/aromatic N) is 7. The van der Waals surface area contributed by atoms with Gasteiger partial charge >= 0.3 is 6.09 Å². The molecule has 5 N–H and O–H groups in total. The van der Waals surface area contributed by atoms with E-state index >= 15 is 0 Å². The van der Waals surface area contributed by atoms with Crippen LogP contribution in [0.4, 0.5) is 4.79 Å². The fourth-order valence-corrected chi connectivity index (χ4v) is 10.7. The molecule has 69 heavy (non-hydrogen) atoms. The van der Waals surface area contributed by atoms with Crippen molar-refractivity contribution in [2.24, 2.45) is 10.4 Å². The first-order chi connectivity index (χ1) is 32.8. The molecule has 3 unspecified atom stereocenters. The minimum absolute atomic E-state index is 0.0431. The van der Waals surface area contributed by atoms with Crippen LogP contribution in [0.5, 0.6) is 5.75 Å². The molecule has 0 radical (unpaired) electrons. The van der Waals surface area contributed by atoms with E-state index in [0.717, 1.165) is 53.8 Å². The maximum absolute atomic E-state index is 14.3. The lowest BCUT2D eigenvalue weighted by Gasteiger charge is -2.35. The molecule has 17 nitrogen and oxygen atoms in total. The number of likely N-dealkylation sites (tertiary alicyclic amines) is 1. The Morgan fingerprint density at radius 3 is 2.28 bits per heavy atom. The summed E-state index contributed by atoms with van der Waals surface area (Å²) in [5.74, 6) is -0.418. The number of nitriles is 1. The summed E-state index contributed by atoms with van der Waals surface area (Å²) >= 11 is 3.11. The van der Waals surface area contributed by atoms with E-state index < -0.39 is 66.2 Å². The molecule has 3 aromatic heterocycles. The number of aliphatic hydroxyl groups is 1. The summed E-state index contributed by atoms with van der Waals surface area (Å²) in [4.78, 5) is 66.1. The molecule has 3 aromatic carbocycles. The minimum Gasteiger partial charge on any atom is -0.482 e. The molecule has 4 amide bonds. The van der Waals surface area contributed by atoms with Gasteiger partial charge in [0.05, 0.1) is 39.5 Å². The Morgan fingerprint density at radius 1 is 0.942 bits per heavy atom. The number of amides is 4. The largest absolute Gasteiger partial charge is 0.482 e. The van der Waals surface area contributed by atoms with Gasteiger partial charge in [-0.3, -0.25) is 29.3 Å². The standard InChI is InChI=1S/C50H52N10O7S2/c1-25-28(4)69-48-40(25)41(55-44(56-49(65)66)45-58-57-29(5)60(45)48)32-13-11-31(12-14-32)34-17-18-38(35(19-34)21-51)67-23-39(62)54-43(50(6,7)8)47(64)59-22-36(61)20-37(59)46(63)53-26(2)30-9-15-33(16-10-30)42-27(3)52-24-68-42/h9-19,24,26,36-37,43-44,56,61H,20,22-23H2,1-8H3,(H,53,63)(H,54,62)(H,65,66)/t26?,36-,37+,43?,44?/m1/s1. The Kier molecular flexibility index (Phi) is 13.5. The fraction of sp³-hybridized carbons (Fsp3) is 0.340. The molecule has 0 saturated carbocycles. The highest BCUT2D eigenvalue weighted by molar-refractivity contribution is 7.15. The molecule has 1 fully saturated rings. The lowest BCUT2D eigenvalue weighted by molar-refractivity contribution is -0.144. The van der Waals surface area contributed by atoms with Gasteiger partial charge in [-0.1, -0.05) is 75.4 Å². The van der Waals surface area contributed by atoms with E-state index in [0.29, 0.717) is 22.9 Å². The number of benzene rings is 3. The Labute approximate surface area is 406 Å². The van der Waals surface area contributed by atoms with Crippen LogP contribution in [0.1, 0.15) is 96.4 Å². The van der Waals surface area contributed by atoms with Gasteiger partial charge in [-0.05, 0) is 80.0 Å². The summed E-state index contributed by atoms with van der Waals surface area (Å²) < 4.78 is 7.72. The van der Waals surface area contributed by atoms with E-state index in [1.165, 1.54) is 4.90 Å². The van der Waals surface area contributed by atoms with E-state index in [-0.39, 0.29) is 24.3 Å². The van der Waals surface area contributed by atoms with Crippen LogP contribution in [0.25, 0.3) is 26.6 Å². The Hall–Kier alpha value is -7.27. The fourth-order valence-electron chi connectivity index (χ4n) is 8.64. The lowest BCUT2D eigenvalue weighted by Crippen LogP contribution is -2.58. The second-order valence-corrected chi connectivity index (χ2v) is 20.4. The predicted molar refractivity (Wildman–Crippen MR) is 261 cm³/mol. The van der Waals surface area contributed by atoms with E-state index in [1.54, 1.807) is 67.2 Å². The number of hydrogen-bond acceptors (Lipinski definition) is 13. The zero-order valence-electron chi connectivity index (χ0n) is 39.3. The van der Waals surface area contributed by atoms with Crippen molar-refractivity contribution in [3.63, 3.8) is 0 Å².